The van der Waals surface area contributed by atoms with Gasteiger partial charge >= 0.3 is 0 Å². The van der Waals surface area contributed by atoms with Crippen LogP contribution in [0.15, 0.2) is 36.5 Å². The molecule has 1 aliphatic heterocycles. The van der Waals surface area contributed by atoms with Crippen molar-refractivity contribution in [2.75, 3.05) is 23.7 Å². The zero-order chi connectivity index (χ0) is 18.3. The van der Waals surface area contributed by atoms with Gasteiger partial charge in [0.15, 0.2) is 5.65 Å². The van der Waals surface area contributed by atoms with Crippen LogP contribution in [0, 0.1) is 0 Å². The SMILES string of the molecule is C[C@H]1CN(Cc2ccccc2)C[C@H](C)N1c1nc(N)nc2c1cnn2C. The van der Waals surface area contributed by atoms with E-state index in [1.54, 1.807) is 4.68 Å². The van der Waals surface area contributed by atoms with Crippen molar-refractivity contribution in [3.63, 3.8) is 0 Å². The van der Waals surface area contributed by atoms with Crippen molar-refractivity contribution in [1.29, 1.82) is 0 Å². The minimum absolute atomic E-state index is 0.294. The fourth-order valence-corrected chi connectivity index (χ4v) is 4.04. The molecule has 136 valence electrons. The van der Waals surface area contributed by atoms with Crippen molar-refractivity contribution in [3.8, 4) is 0 Å². The summed E-state index contributed by atoms with van der Waals surface area (Å²) >= 11 is 0. The Labute approximate surface area is 153 Å². The van der Waals surface area contributed by atoms with E-state index in [1.165, 1.54) is 5.56 Å². The van der Waals surface area contributed by atoms with Gasteiger partial charge in [0.2, 0.25) is 5.95 Å². The Hall–Kier alpha value is -2.67. The number of fused-ring (bicyclic) bond motifs is 1. The Morgan fingerprint density at radius 3 is 2.46 bits per heavy atom. The number of nitrogens with two attached hydrogens (primary N) is 1. The molecule has 26 heavy (non-hydrogen) atoms. The Bertz CT molecular complexity index is 893. The van der Waals surface area contributed by atoms with Gasteiger partial charge in [-0.1, -0.05) is 30.3 Å². The molecule has 2 atom stereocenters. The molecule has 0 saturated carbocycles. The predicted molar refractivity (Wildman–Crippen MR) is 104 cm³/mol. The summed E-state index contributed by atoms with van der Waals surface area (Å²) in [5.74, 6) is 1.18. The number of benzene rings is 1. The molecule has 2 aromatic heterocycles. The van der Waals surface area contributed by atoms with Gasteiger partial charge in [0.25, 0.3) is 0 Å². The number of hydrogen-bond acceptors (Lipinski definition) is 6. The average molecular weight is 351 g/mol. The number of hydrogen-bond donors (Lipinski definition) is 1. The normalized spacial score (nSPS) is 21.4. The van der Waals surface area contributed by atoms with Gasteiger partial charge < -0.3 is 10.6 Å². The monoisotopic (exact) mass is 351 g/mol. The zero-order valence-electron chi connectivity index (χ0n) is 15.5. The lowest BCUT2D eigenvalue weighted by Crippen LogP contribution is -2.56. The largest absolute Gasteiger partial charge is 0.368 e. The maximum absolute atomic E-state index is 5.98. The molecule has 3 aromatic rings. The van der Waals surface area contributed by atoms with Gasteiger partial charge in [-0.25, -0.2) is 0 Å². The van der Waals surface area contributed by atoms with E-state index in [0.717, 1.165) is 36.5 Å². The molecule has 4 rings (SSSR count). The van der Waals surface area contributed by atoms with Crippen LogP contribution in [0.25, 0.3) is 11.0 Å². The Kier molecular flexibility index (Phi) is 4.24. The molecule has 7 nitrogen and oxygen atoms in total. The lowest BCUT2D eigenvalue weighted by molar-refractivity contribution is 0.192. The lowest BCUT2D eigenvalue weighted by Gasteiger charge is -2.45. The van der Waals surface area contributed by atoms with E-state index in [-0.39, 0.29) is 0 Å². The van der Waals surface area contributed by atoms with Crippen molar-refractivity contribution in [2.45, 2.75) is 32.5 Å². The molecule has 1 aromatic carbocycles. The van der Waals surface area contributed by atoms with E-state index in [0.29, 0.717) is 18.0 Å². The Morgan fingerprint density at radius 2 is 1.77 bits per heavy atom. The molecular formula is C19H25N7. The third kappa shape index (κ3) is 2.99. The van der Waals surface area contributed by atoms with E-state index < -0.39 is 0 Å². The summed E-state index contributed by atoms with van der Waals surface area (Å²) in [6.45, 7) is 7.41. The van der Waals surface area contributed by atoms with Crippen LogP contribution in [-0.4, -0.2) is 49.8 Å². The van der Waals surface area contributed by atoms with E-state index in [4.69, 9.17) is 5.73 Å². The van der Waals surface area contributed by atoms with Crippen LogP contribution in [0.2, 0.25) is 0 Å². The number of aromatic nitrogens is 4. The Balaban J connectivity index is 1.61. The van der Waals surface area contributed by atoms with Gasteiger partial charge in [-0.2, -0.15) is 15.1 Å². The van der Waals surface area contributed by atoms with Crippen molar-refractivity contribution in [3.05, 3.63) is 42.1 Å². The molecule has 1 saturated heterocycles. The summed E-state index contributed by atoms with van der Waals surface area (Å²) in [7, 11) is 1.88. The van der Waals surface area contributed by atoms with Crippen molar-refractivity contribution in [2.24, 2.45) is 7.05 Å². The quantitative estimate of drug-likeness (QED) is 0.778. The van der Waals surface area contributed by atoms with Crippen LogP contribution < -0.4 is 10.6 Å². The second-order valence-corrected chi connectivity index (χ2v) is 7.20. The van der Waals surface area contributed by atoms with E-state index in [1.807, 2.05) is 13.2 Å². The summed E-state index contributed by atoms with van der Waals surface area (Å²) in [6.07, 6.45) is 1.83. The molecule has 0 spiro atoms. The molecule has 0 bridgehead atoms. The van der Waals surface area contributed by atoms with Gasteiger partial charge in [0.05, 0.1) is 11.6 Å². The fourth-order valence-electron chi connectivity index (χ4n) is 4.04. The molecule has 0 aliphatic carbocycles. The maximum atomic E-state index is 5.98. The van der Waals surface area contributed by atoms with Crippen molar-refractivity contribution >= 4 is 22.8 Å². The minimum atomic E-state index is 0.294. The van der Waals surface area contributed by atoms with Gasteiger partial charge in [0.1, 0.15) is 5.82 Å². The molecule has 0 radical (unpaired) electrons. The van der Waals surface area contributed by atoms with Gasteiger partial charge in [-0.05, 0) is 19.4 Å². The fraction of sp³-hybridized carbons (Fsp3) is 0.421. The topological polar surface area (TPSA) is 76.1 Å². The first kappa shape index (κ1) is 16.8. The molecule has 2 N–H and O–H groups in total. The average Bonchev–Trinajstić information content (AvgIpc) is 2.96. The van der Waals surface area contributed by atoms with Gasteiger partial charge in [0, 0.05) is 38.8 Å². The standard InChI is InChI=1S/C19H25N7/c1-13-10-25(12-15-7-5-4-6-8-15)11-14(2)26(13)18-16-9-21-24(3)17(16)22-19(20)23-18/h4-9,13-14H,10-12H2,1-3H3,(H2,20,22,23)/t13-,14-/m0/s1. The summed E-state index contributed by atoms with van der Waals surface area (Å²) in [5.41, 5.74) is 8.10. The smallest absolute Gasteiger partial charge is 0.224 e. The summed E-state index contributed by atoms with van der Waals surface area (Å²) in [4.78, 5) is 13.8. The highest BCUT2D eigenvalue weighted by Gasteiger charge is 2.32. The van der Waals surface area contributed by atoms with Crippen LogP contribution in [0.1, 0.15) is 19.4 Å². The van der Waals surface area contributed by atoms with E-state index in [9.17, 15) is 0 Å². The minimum Gasteiger partial charge on any atom is -0.368 e. The number of piperazine rings is 1. The van der Waals surface area contributed by atoms with Crippen molar-refractivity contribution < 1.29 is 0 Å². The maximum Gasteiger partial charge on any atom is 0.224 e. The second-order valence-electron chi connectivity index (χ2n) is 7.20. The van der Waals surface area contributed by atoms with Crippen LogP contribution in [-0.2, 0) is 13.6 Å². The molecule has 1 aliphatic rings. The highest BCUT2D eigenvalue weighted by molar-refractivity contribution is 5.88. The summed E-state index contributed by atoms with van der Waals surface area (Å²) in [6, 6.07) is 11.3. The summed E-state index contributed by atoms with van der Waals surface area (Å²) in [5, 5.41) is 5.29. The molecular weight excluding hydrogens is 326 g/mol. The van der Waals surface area contributed by atoms with E-state index in [2.05, 4.69) is 69.0 Å². The van der Waals surface area contributed by atoms with Crippen molar-refractivity contribution in [1.82, 2.24) is 24.6 Å². The van der Waals surface area contributed by atoms with Crippen LogP contribution in [0.4, 0.5) is 11.8 Å². The zero-order valence-corrected chi connectivity index (χ0v) is 15.5. The second kappa shape index (κ2) is 6.57. The predicted octanol–water partition coefficient (Wildman–Crippen LogP) is 2.04. The molecule has 3 heterocycles. The molecule has 1 fully saturated rings. The number of anilines is 2. The Morgan fingerprint density at radius 1 is 1.08 bits per heavy atom. The lowest BCUT2D eigenvalue weighted by atomic mass is 10.1. The summed E-state index contributed by atoms with van der Waals surface area (Å²) < 4.78 is 1.75. The van der Waals surface area contributed by atoms with Crippen LogP contribution >= 0.6 is 0 Å². The molecule has 7 heteroatoms. The van der Waals surface area contributed by atoms with Gasteiger partial charge in [-0.15, -0.1) is 0 Å². The third-order valence-corrected chi connectivity index (χ3v) is 5.08. The third-order valence-electron chi connectivity index (χ3n) is 5.08. The number of rotatable bonds is 3. The first-order chi connectivity index (χ1) is 12.5. The van der Waals surface area contributed by atoms with E-state index >= 15 is 0 Å². The highest BCUT2D eigenvalue weighted by Crippen LogP contribution is 2.30. The first-order valence-corrected chi connectivity index (χ1v) is 9.02. The first-order valence-electron chi connectivity index (χ1n) is 9.02. The number of nitrogens with zero attached hydrogens (tertiary/aromatic N) is 6. The van der Waals surface area contributed by atoms with Crippen LogP contribution in [0.5, 0.6) is 0 Å². The van der Waals surface area contributed by atoms with Gasteiger partial charge in [-0.3, -0.25) is 9.58 Å². The number of aryl methyl sites for hydroxylation is 1. The molecule has 0 unspecified atom stereocenters. The highest BCUT2D eigenvalue weighted by atomic mass is 15.4. The number of nitrogen functional groups attached to an aromatic ring is 1. The van der Waals surface area contributed by atoms with Crippen LogP contribution in [0.3, 0.4) is 0 Å². The molecule has 0 amide bonds.